The van der Waals surface area contributed by atoms with Crippen molar-refractivity contribution in [3.05, 3.63) is 53.0 Å². The van der Waals surface area contributed by atoms with Gasteiger partial charge in [-0.25, -0.2) is 27.8 Å². The van der Waals surface area contributed by atoms with Crippen molar-refractivity contribution in [2.45, 2.75) is 46.1 Å². The Bertz CT molecular complexity index is 1150. The largest absolute Gasteiger partial charge is 0.372 e. The molecule has 3 aromatic rings. The van der Waals surface area contributed by atoms with Crippen LogP contribution in [0.1, 0.15) is 30.9 Å². The molecule has 1 aliphatic rings. The standard InChI is InChI=1S/C21H25F3N8O/c1-10(2)18-20(33)28-17-11(3)27-21(29-19(17)31(18)4)25-7-15-26-9-32(30-15)8-12-5-13(22)16(24)14(23)6-12/h5-6,9-10,18,20,28,33H,7-8H2,1-4H3,(H,25,27,29)/t18-,20?/m0/s1. The third-order valence-corrected chi connectivity index (χ3v) is 5.53. The summed E-state index contributed by atoms with van der Waals surface area (Å²) in [5.41, 5.74) is 1.57. The number of anilines is 3. The summed E-state index contributed by atoms with van der Waals surface area (Å²) in [5, 5.41) is 20.9. The lowest BCUT2D eigenvalue weighted by atomic mass is 9.98. The molecule has 3 N–H and O–H groups in total. The second kappa shape index (κ2) is 8.85. The molecule has 4 rings (SSSR count). The fraction of sp³-hybridized carbons (Fsp3) is 0.429. The average molecular weight is 462 g/mol. The molecule has 0 aliphatic carbocycles. The average Bonchev–Trinajstić information content (AvgIpc) is 3.18. The molecule has 1 unspecified atom stereocenters. The molecule has 12 heteroatoms. The highest BCUT2D eigenvalue weighted by Crippen LogP contribution is 2.35. The number of likely N-dealkylation sites (N-methyl/N-ethyl adjacent to an activating group) is 1. The van der Waals surface area contributed by atoms with Gasteiger partial charge in [0.2, 0.25) is 5.95 Å². The number of nitrogens with zero attached hydrogens (tertiary/aromatic N) is 6. The van der Waals surface area contributed by atoms with E-state index in [-0.39, 0.29) is 30.6 Å². The fourth-order valence-corrected chi connectivity index (χ4v) is 3.99. The van der Waals surface area contributed by atoms with Crippen molar-refractivity contribution < 1.29 is 18.3 Å². The molecule has 0 saturated carbocycles. The molecule has 1 aliphatic heterocycles. The van der Waals surface area contributed by atoms with E-state index in [9.17, 15) is 18.3 Å². The third kappa shape index (κ3) is 4.56. The summed E-state index contributed by atoms with van der Waals surface area (Å²) in [4.78, 5) is 15.1. The van der Waals surface area contributed by atoms with E-state index in [1.54, 1.807) is 0 Å². The van der Waals surface area contributed by atoms with Crippen molar-refractivity contribution in [2.75, 3.05) is 22.6 Å². The van der Waals surface area contributed by atoms with Crippen molar-refractivity contribution in [3.8, 4) is 0 Å². The fourth-order valence-electron chi connectivity index (χ4n) is 3.99. The van der Waals surface area contributed by atoms with E-state index in [1.807, 2.05) is 32.7 Å². The third-order valence-electron chi connectivity index (χ3n) is 5.53. The van der Waals surface area contributed by atoms with Crippen LogP contribution in [-0.4, -0.2) is 49.2 Å². The van der Waals surface area contributed by atoms with E-state index >= 15 is 0 Å². The van der Waals surface area contributed by atoms with Crippen molar-refractivity contribution in [1.29, 1.82) is 0 Å². The summed E-state index contributed by atoms with van der Waals surface area (Å²) in [6.07, 6.45) is 0.682. The lowest BCUT2D eigenvalue weighted by Crippen LogP contribution is -2.52. The van der Waals surface area contributed by atoms with Crippen LogP contribution in [0.2, 0.25) is 0 Å². The second-order valence-electron chi connectivity index (χ2n) is 8.35. The van der Waals surface area contributed by atoms with E-state index in [4.69, 9.17) is 0 Å². The first-order valence-corrected chi connectivity index (χ1v) is 10.5. The summed E-state index contributed by atoms with van der Waals surface area (Å²) in [5.74, 6) is -2.35. The van der Waals surface area contributed by atoms with Gasteiger partial charge in [0.25, 0.3) is 0 Å². The van der Waals surface area contributed by atoms with Crippen LogP contribution in [0.4, 0.5) is 30.6 Å². The van der Waals surface area contributed by atoms with Crippen LogP contribution < -0.4 is 15.5 Å². The Morgan fingerprint density at radius 2 is 1.88 bits per heavy atom. The Hall–Kier alpha value is -3.41. The van der Waals surface area contributed by atoms with E-state index in [2.05, 4.69) is 30.7 Å². The summed E-state index contributed by atoms with van der Waals surface area (Å²) < 4.78 is 41.4. The zero-order chi connectivity index (χ0) is 23.9. The molecule has 0 amide bonds. The first-order chi connectivity index (χ1) is 15.6. The molecular weight excluding hydrogens is 437 g/mol. The van der Waals surface area contributed by atoms with E-state index in [0.717, 1.165) is 12.1 Å². The van der Waals surface area contributed by atoms with Gasteiger partial charge in [0.05, 0.1) is 24.8 Å². The molecule has 3 heterocycles. The zero-order valence-corrected chi connectivity index (χ0v) is 18.6. The molecular formula is C21H25F3N8O. The van der Waals surface area contributed by atoms with Gasteiger partial charge in [-0.2, -0.15) is 10.1 Å². The van der Waals surface area contributed by atoms with Crippen LogP contribution in [0, 0.1) is 30.3 Å². The van der Waals surface area contributed by atoms with Crippen LogP contribution in [0.5, 0.6) is 0 Å². The number of hydrogen-bond donors (Lipinski definition) is 3. The van der Waals surface area contributed by atoms with Crippen LogP contribution in [0.15, 0.2) is 18.5 Å². The zero-order valence-electron chi connectivity index (χ0n) is 18.6. The minimum atomic E-state index is -1.50. The van der Waals surface area contributed by atoms with Gasteiger partial charge in [-0.1, -0.05) is 13.8 Å². The number of benzene rings is 1. The number of nitrogens with one attached hydrogen (secondary N) is 2. The van der Waals surface area contributed by atoms with Gasteiger partial charge in [-0.15, -0.1) is 0 Å². The highest BCUT2D eigenvalue weighted by Gasteiger charge is 2.35. The normalized spacial score (nSPS) is 17.8. The molecule has 0 radical (unpaired) electrons. The van der Waals surface area contributed by atoms with Gasteiger partial charge in [-0.3, -0.25) is 0 Å². The van der Waals surface area contributed by atoms with E-state index in [0.29, 0.717) is 29.0 Å². The maximum Gasteiger partial charge on any atom is 0.225 e. The van der Waals surface area contributed by atoms with Crippen molar-refractivity contribution in [2.24, 2.45) is 5.92 Å². The van der Waals surface area contributed by atoms with Crippen LogP contribution in [0.3, 0.4) is 0 Å². The Morgan fingerprint density at radius 3 is 2.55 bits per heavy atom. The summed E-state index contributed by atoms with van der Waals surface area (Å²) in [7, 11) is 1.88. The smallest absolute Gasteiger partial charge is 0.225 e. The predicted octanol–water partition coefficient (Wildman–Crippen LogP) is 2.66. The van der Waals surface area contributed by atoms with Gasteiger partial charge in [0.1, 0.15) is 18.2 Å². The highest BCUT2D eigenvalue weighted by molar-refractivity contribution is 5.72. The first-order valence-electron chi connectivity index (χ1n) is 10.5. The summed E-state index contributed by atoms with van der Waals surface area (Å²) >= 11 is 0. The minimum Gasteiger partial charge on any atom is -0.372 e. The van der Waals surface area contributed by atoms with Gasteiger partial charge < -0.3 is 20.6 Å². The van der Waals surface area contributed by atoms with Crippen molar-refractivity contribution in [3.63, 3.8) is 0 Å². The molecule has 9 nitrogen and oxygen atoms in total. The Labute approximate surface area is 188 Å². The lowest BCUT2D eigenvalue weighted by Gasteiger charge is -2.41. The number of fused-ring (bicyclic) bond motifs is 1. The number of aromatic nitrogens is 5. The van der Waals surface area contributed by atoms with Crippen LogP contribution in [-0.2, 0) is 13.1 Å². The second-order valence-corrected chi connectivity index (χ2v) is 8.35. The number of aryl methyl sites for hydroxylation is 1. The Kier molecular flexibility index (Phi) is 6.11. The van der Waals surface area contributed by atoms with Crippen molar-refractivity contribution >= 4 is 17.5 Å². The number of aliphatic hydroxyl groups excluding tert-OH is 1. The molecule has 0 spiro atoms. The maximum atomic E-state index is 13.4. The van der Waals surface area contributed by atoms with Gasteiger partial charge in [0, 0.05) is 7.05 Å². The van der Waals surface area contributed by atoms with Crippen LogP contribution >= 0.6 is 0 Å². The molecule has 2 aromatic heterocycles. The summed E-state index contributed by atoms with van der Waals surface area (Å²) in [6, 6.07) is 1.69. The number of rotatable bonds is 6. The monoisotopic (exact) mass is 462 g/mol. The number of halogens is 3. The molecule has 0 fully saturated rings. The van der Waals surface area contributed by atoms with E-state index in [1.165, 1.54) is 11.0 Å². The maximum absolute atomic E-state index is 13.4. The van der Waals surface area contributed by atoms with Gasteiger partial charge in [-0.05, 0) is 30.5 Å². The molecule has 0 saturated heterocycles. The molecule has 2 atom stereocenters. The molecule has 33 heavy (non-hydrogen) atoms. The first kappa shape index (κ1) is 22.8. The number of aliphatic hydroxyl groups is 1. The number of hydrogen-bond acceptors (Lipinski definition) is 8. The molecule has 1 aromatic carbocycles. The Morgan fingerprint density at radius 1 is 1.18 bits per heavy atom. The molecule has 176 valence electrons. The van der Waals surface area contributed by atoms with E-state index < -0.39 is 23.7 Å². The Balaban J connectivity index is 1.46. The summed E-state index contributed by atoms with van der Waals surface area (Å²) in [6.45, 7) is 6.13. The van der Waals surface area contributed by atoms with Gasteiger partial charge >= 0.3 is 0 Å². The van der Waals surface area contributed by atoms with Gasteiger partial charge in [0.15, 0.2) is 29.1 Å². The van der Waals surface area contributed by atoms with Crippen molar-refractivity contribution in [1.82, 2.24) is 24.7 Å². The lowest BCUT2D eigenvalue weighted by molar-refractivity contribution is 0.142. The predicted molar refractivity (Wildman–Crippen MR) is 116 cm³/mol. The highest BCUT2D eigenvalue weighted by atomic mass is 19.2. The quantitative estimate of drug-likeness (QED) is 0.481. The molecule has 0 bridgehead atoms. The minimum absolute atomic E-state index is 0.0327. The van der Waals surface area contributed by atoms with Crippen LogP contribution in [0.25, 0.3) is 0 Å². The SMILES string of the molecule is Cc1nc(NCc2ncn(Cc3cc(F)c(F)c(F)c3)n2)nc2c1NC(O)[C@H](C(C)C)N2C. The topological polar surface area (TPSA) is 104 Å².